The SMILES string of the molecule is CNC(=O)[C@H]1S[C@@H](n2cnc3c(NCc4cccc(F)c4)nc(Cl)nc32)C(O)C1O. The van der Waals surface area contributed by atoms with Crippen LogP contribution >= 0.6 is 23.4 Å². The average Bonchev–Trinajstić information content (AvgIpc) is 3.27. The number of amides is 1. The van der Waals surface area contributed by atoms with Gasteiger partial charge in [-0.25, -0.2) is 9.37 Å². The van der Waals surface area contributed by atoms with Crippen molar-refractivity contribution in [2.24, 2.45) is 0 Å². The van der Waals surface area contributed by atoms with Crippen LogP contribution in [0.5, 0.6) is 0 Å². The lowest BCUT2D eigenvalue weighted by molar-refractivity contribution is -0.122. The Morgan fingerprint density at radius 1 is 1.33 bits per heavy atom. The molecule has 0 saturated carbocycles. The monoisotopic (exact) mass is 452 g/mol. The van der Waals surface area contributed by atoms with Gasteiger partial charge in [-0.2, -0.15) is 9.97 Å². The predicted molar refractivity (Wildman–Crippen MR) is 111 cm³/mol. The van der Waals surface area contributed by atoms with Crippen molar-refractivity contribution in [2.45, 2.75) is 29.4 Å². The van der Waals surface area contributed by atoms with Crippen molar-refractivity contribution < 1.29 is 19.4 Å². The van der Waals surface area contributed by atoms with Crippen molar-refractivity contribution in [3.05, 3.63) is 47.3 Å². The molecular formula is C18H18ClFN6O3S. The molecule has 1 fully saturated rings. The molecule has 1 aliphatic rings. The Bertz CT molecular complexity index is 1100. The number of fused-ring (bicyclic) bond motifs is 1. The molecule has 1 aliphatic heterocycles. The van der Waals surface area contributed by atoms with Crippen molar-refractivity contribution in [1.82, 2.24) is 24.8 Å². The summed E-state index contributed by atoms with van der Waals surface area (Å²) >= 11 is 7.19. The second-order valence-corrected chi connectivity index (χ2v) is 8.29. The molecule has 1 aromatic carbocycles. The fourth-order valence-corrected chi connectivity index (χ4v) is 4.92. The Morgan fingerprint density at radius 2 is 2.13 bits per heavy atom. The molecule has 0 aliphatic carbocycles. The van der Waals surface area contributed by atoms with E-state index in [1.807, 2.05) is 0 Å². The summed E-state index contributed by atoms with van der Waals surface area (Å²) in [6.07, 6.45) is -1.02. The van der Waals surface area contributed by atoms with E-state index in [9.17, 15) is 19.4 Å². The lowest BCUT2D eigenvalue weighted by Gasteiger charge is -2.17. The highest BCUT2D eigenvalue weighted by atomic mass is 35.5. The number of aliphatic hydroxyl groups excluding tert-OH is 2. The smallest absolute Gasteiger partial charge is 0.235 e. The minimum Gasteiger partial charge on any atom is -0.389 e. The second kappa shape index (κ2) is 8.34. The molecule has 2 aromatic heterocycles. The highest BCUT2D eigenvalue weighted by Crippen LogP contribution is 2.43. The molecule has 158 valence electrons. The topological polar surface area (TPSA) is 125 Å². The third-order valence-electron chi connectivity index (χ3n) is 4.76. The Kier molecular flexibility index (Phi) is 5.78. The highest BCUT2D eigenvalue weighted by Gasteiger charge is 2.47. The van der Waals surface area contributed by atoms with E-state index in [0.717, 1.165) is 11.8 Å². The van der Waals surface area contributed by atoms with Gasteiger partial charge in [-0.15, -0.1) is 11.8 Å². The van der Waals surface area contributed by atoms with Gasteiger partial charge in [0.2, 0.25) is 11.2 Å². The molecule has 12 heteroatoms. The minimum absolute atomic E-state index is 0.0492. The summed E-state index contributed by atoms with van der Waals surface area (Å²) in [4.78, 5) is 24.7. The molecule has 4 N–H and O–H groups in total. The zero-order valence-electron chi connectivity index (χ0n) is 15.7. The lowest BCUT2D eigenvalue weighted by Crippen LogP contribution is -2.39. The van der Waals surface area contributed by atoms with Crippen molar-refractivity contribution in [2.75, 3.05) is 12.4 Å². The molecule has 1 amide bonds. The maximum atomic E-state index is 13.4. The van der Waals surface area contributed by atoms with E-state index in [1.165, 1.54) is 25.5 Å². The van der Waals surface area contributed by atoms with Gasteiger partial charge in [-0.05, 0) is 29.3 Å². The van der Waals surface area contributed by atoms with Gasteiger partial charge in [0.1, 0.15) is 28.6 Å². The first kappa shape index (κ1) is 20.8. The number of hydrogen-bond acceptors (Lipinski definition) is 8. The maximum absolute atomic E-state index is 13.4. The van der Waals surface area contributed by atoms with Gasteiger partial charge in [0, 0.05) is 13.6 Å². The molecule has 4 rings (SSSR count). The van der Waals surface area contributed by atoms with Crippen LogP contribution in [0.3, 0.4) is 0 Å². The van der Waals surface area contributed by atoms with E-state index < -0.39 is 22.8 Å². The van der Waals surface area contributed by atoms with Gasteiger partial charge in [0.25, 0.3) is 0 Å². The summed E-state index contributed by atoms with van der Waals surface area (Å²) in [5.74, 6) is -0.390. The number of rotatable bonds is 5. The molecule has 30 heavy (non-hydrogen) atoms. The number of halogens is 2. The summed E-state index contributed by atoms with van der Waals surface area (Å²) in [6.45, 7) is 0.283. The van der Waals surface area contributed by atoms with Crippen molar-refractivity contribution in [3.63, 3.8) is 0 Å². The summed E-state index contributed by atoms with van der Waals surface area (Å²) in [5.41, 5.74) is 1.43. The van der Waals surface area contributed by atoms with Crippen LogP contribution in [-0.2, 0) is 11.3 Å². The Morgan fingerprint density at radius 3 is 2.87 bits per heavy atom. The standard InChI is InChI=1S/C18H18ClFN6O3S/c1-21-16(29)13-11(27)12(28)17(30-13)26-7-23-10-14(24-18(19)25-15(10)26)22-6-8-3-2-4-9(20)5-8/h2-5,7,11-13,17,27-28H,6H2,1H3,(H,21,29)(H,22,24,25)/t11?,12?,13-,17+/m0/s1. The van der Waals surface area contributed by atoms with Crippen LogP contribution in [0.1, 0.15) is 10.9 Å². The fourth-order valence-electron chi connectivity index (χ4n) is 3.28. The molecule has 3 aromatic rings. The number of aromatic nitrogens is 4. The third-order valence-corrected chi connectivity index (χ3v) is 6.50. The van der Waals surface area contributed by atoms with Crippen LogP contribution in [0, 0.1) is 5.82 Å². The number of hydrogen-bond donors (Lipinski definition) is 4. The predicted octanol–water partition coefficient (Wildman–Crippen LogP) is 1.31. The zero-order valence-corrected chi connectivity index (χ0v) is 17.2. The molecule has 4 atom stereocenters. The van der Waals surface area contributed by atoms with Crippen LogP contribution < -0.4 is 10.6 Å². The van der Waals surface area contributed by atoms with Gasteiger partial charge < -0.3 is 20.8 Å². The first-order chi connectivity index (χ1) is 14.4. The number of nitrogens with zero attached hydrogens (tertiary/aromatic N) is 4. The number of aliphatic hydroxyl groups is 2. The van der Waals surface area contributed by atoms with Crippen LogP contribution in [0.4, 0.5) is 10.2 Å². The first-order valence-electron chi connectivity index (χ1n) is 9.00. The number of benzene rings is 1. The number of imidazole rings is 1. The average molecular weight is 453 g/mol. The molecule has 9 nitrogen and oxygen atoms in total. The van der Waals surface area contributed by atoms with Crippen LogP contribution in [0.2, 0.25) is 5.28 Å². The third kappa shape index (κ3) is 3.81. The molecule has 1 saturated heterocycles. The normalized spacial score (nSPS) is 23.6. The Balaban J connectivity index is 1.64. The van der Waals surface area contributed by atoms with Crippen LogP contribution in [-0.4, -0.2) is 60.1 Å². The van der Waals surface area contributed by atoms with Crippen LogP contribution in [0.25, 0.3) is 11.2 Å². The van der Waals surface area contributed by atoms with E-state index in [4.69, 9.17) is 11.6 Å². The van der Waals surface area contributed by atoms with E-state index in [1.54, 1.807) is 16.7 Å². The van der Waals surface area contributed by atoms with E-state index >= 15 is 0 Å². The molecule has 3 heterocycles. The number of thioether (sulfide) groups is 1. The summed E-state index contributed by atoms with van der Waals surface area (Å²) in [6, 6.07) is 6.13. The van der Waals surface area contributed by atoms with E-state index in [0.29, 0.717) is 22.5 Å². The minimum atomic E-state index is -1.25. The van der Waals surface area contributed by atoms with Gasteiger partial charge >= 0.3 is 0 Å². The highest BCUT2D eigenvalue weighted by molar-refractivity contribution is 8.01. The number of nitrogens with one attached hydrogen (secondary N) is 2. The van der Waals surface area contributed by atoms with Crippen molar-refractivity contribution >= 4 is 46.3 Å². The number of carbonyl (C=O) groups is 1. The maximum Gasteiger partial charge on any atom is 0.235 e. The van der Waals surface area contributed by atoms with E-state index in [2.05, 4.69) is 25.6 Å². The zero-order chi connectivity index (χ0) is 21.4. The summed E-state index contributed by atoms with van der Waals surface area (Å²) in [7, 11) is 1.46. The summed E-state index contributed by atoms with van der Waals surface area (Å²) < 4.78 is 15.0. The molecule has 0 bridgehead atoms. The lowest BCUT2D eigenvalue weighted by atomic mass is 10.1. The summed E-state index contributed by atoms with van der Waals surface area (Å²) in [5, 5.41) is 24.7. The number of anilines is 1. The quantitative estimate of drug-likeness (QED) is 0.427. The largest absolute Gasteiger partial charge is 0.389 e. The fraction of sp³-hybridized carbons (Fsp3) is 0.333. The molecule has 0 radical (unpaired) electrons. The van der Waals surface area contributed by atoms with Gasteiger partial charge in [-0.1, -0.05) is 12.1 Å². The Labute approximate surface area is 179 Å². The first-order valence-corrected chi connectivity index (χ1v) is 10.3. The molecule has 2 unspecified atom stereocenters. The Hall–Kier alpha value is -2.47. The molecule has 0 spiro atoms. The van der Waals surface area contributed by atoms with Crippen LogP contribution in [0.15, 0.2) is 30.6 Å². The van der Waals surface area contributed by atoms with Gasteiger partial charge in [0.05, 0.1) is 6.33 Å². The number of carbonyl (C=O) groups excluding carboxylic acids is 1. The van der Waals surface area contributed by atoms with Gasteiger partial charge in [-0.3, -0.25) is 9.36 Å². The second-order valence-electron chi connectivity index (χ2n) is 6.69. The van der Waals surface area contributed by atoms with Gasteiger partial charge in [0.15, 0.2) is 17.0 Å². The molecular weight excluding hydrogens is 435 g/mol. The van der Waals surface area contributed by atoms with Crippen molar-refractivity contribution in [1.29, 1.82) is 0 Å². The van der Waals surface area contributed by atoms with E-state index in [-0.39, 0.29) is 23.6 Å². The van der Waals surface area contributed by atoms with Crippen molar-refractivity contribution in [3.8, 4) is 0 Å².